The van der Waals surface area contributed by atoms with Crippen molar-refractivity contribution in [2.75, 3.05) is 5.32 Å². The molecule has 1 N–H and O–H groups in total. The quantitative estimate of drug-likeness (QED) is 0.682. The summed E-state index contributed by atoms with van der Waals surface area (Å²) < 4.78 is 26.6. The molecule has 18 heavy (non-hydrogen) atoms. The monoisotopic (exact) mass is 290 g/mol. The largest absolute Gasteiger partial charge is 0.364 e. The van der Waals surface area contributed by atoms with Crippen molar-refractivity contribution in [3.8, 4) is 0 Å². The van der Waals surface area contributed by atoms with Crippen molar-refractivity contribution < 1.29 is 8.78 Å². The fourth-order valence-corrected chi connectivity index (χ4v) is 1.91. The van der Waals surface area contributed by atoms with Crippen molar-refractivity contribution in [2.24, 2.45) is 0 Å². The lowest BCUT2D eigenvalue weighted by molar-refractivity contribution is 0.472. The van der Waals surface area contributed by atoms with Gasteiger partial charge in [0.25, 0.3) is 0 Å². The minimum atomic E-state index is -0.918. The molecule has 2 atom stereocenters. The van der Waals surface area contributed by atoms with E-state index in [1.54, 1.807) is 0 Å². The zero-order valence-electron chi connectivity index (χ0n) is 8.79. The maximum Gasteiger partial charge on any atom is 0.225 e. The van der Waals surface area contributed by atoms with Crippen molar-refractivity contribution in [1.29, 1.82) is 0 Å². The Labute approximate surface area is 110 Å². The first-order valence-corrected chi connectivity index (χ1v) is 5.89. The summed E-state index contributed by atoms with van der Waals surface area (Å²) in [6.45, 7) is 0. The van der Waals surface area contributed by atoms with Crippen molar-refractivity contribution in [1.82, 2.24) is 15.0 Å². The van der Waals surface area contributed by atoms with Gasteiger partial charge >= 0.3 is 0 Å². The van der Waals surface area contributed by atoms with Gasteiger partial charge < -0.3 is 5.32 Å². The lowest BCUT2D eigenvalue weighted by Crippen LogP contribution is -2.08. The van der Waals surface area contributed by atoms with E-state index in [0.29, 0.717) is 11.8 Å². The molecule has 94 valence electrons. The van der Waals surface area contributed by atoms with E-state index < -0.39 is 12.0 Å². The Balaban J connectivity index is 2.15. The molecular formula is C10H6Cl2F2N4. The van der Waals surface area contributed by atoms with Gasteiger partial charge in [-0.3, -0.25) is 0 Å². The molecule has 1 aliphatic rings. The molecule has 4 nitrogen and oxygen atoms in total. The van der Waals surface area contributed by atoms with Crippen LogP contribution in [0, 0.1) is 5.82 Å². The van der Waals surface area contributed by atoms with E-state index in [2.05, 4.69) is 20.3 Å². The van der Waals surface area contributed by atoms with E-state index in [0.717, 1.165) is 0 Å². The predicted octanol–water partition coefficient (Wildman–Crippen LogP) is 2.99. The molecule has 1 fully saturated rings. The maximum absolute atomic E-state index is 13.7. The summed E-state index contributed by atoms with van der Waals surface area (Å²) in [6, 6.07) is -0.321. The van der Waals surface area contributed by atoms with E-state index in [4.69, 9.17) is 23.2 Å². The Morgan fingerprint density at radius 2 is 2.06 bits per heavy atom. The summed E-state index contributed by atoms with van der Waals surface area (Å²) in [5.74, 6) is -0.507. The first-order valence-electron chi connectivity index (χ1n) is 5.14. The average molecular weight is 291 g/mol. The molecule has 0 amide bonds. The summed E-state index contributed by atoms with van der Waals surface area (Å²) in [4.78, 5) is 11.4. The zero-order valence-corrected chi connectivity index (χ0v) is 10.3. The van der Waals surface area contributed by atoms with Gasteiger partial charge in [0.2, 0.25) is 5.28 Å². The summed E-state index contributed by atoms with van der Waals surface area (Å²) in [7, 11) is 0. The molecule has 2 aromatic heterocycles. The van der Waals surface area contributed by atoms with Crippen LogP contribution in [0.2, 0.25) is 10.4 Å². The number of nitrogens with zero attached hydrogens (tertiary/aromatic N) is 3. The highest BCUT2D eigenvalue weighted by molar-refractivity contribution is 6.30. The van der Waals surface area contributed by atoms with Crippen molar-refractivity contribution in [3.05, 3.63) is 22.5 Å². The molecule has 1 aliphatic carbocycles. The Hall–Kier alpha value is -1.27. The van der Waals surface area contributed by atoms with Gasteiger partial charge in [0, 0.05) is 12.6 Å². The molecule has 2 aromatic rings. The SMILES string of the molecule is Fc1c(Cl)ncc2c(N[C@@H]3C[C@@H]3F)nc(Cl)nc12. The van der Waals surface area contributed by atoms with Gasteiger partial charge in [-0.2, -0.15) is 0 Å². The smallest absolute Gasteiger partial charge is 0.225 e. The third-order valence-corrected chi connectivity index (χ3v) is 3.08. The second-order valence-corrected chi connectivity index (χ2v) is 4.67. The minimum absolute atomic E-state index is 0.0337. The van der Waals surface area contributed by atoms with Crippen molar-refractivity contribution >= 4 is 39.9 Å². The predicted molar refractivity (Wildman–Crippen MR) is 64.2 cm³/mol. The summed E-state index contributed by atoms with van der Waals surface area (Å²) >= 11 is 11.3. The number of fused-ring (bicyclic) bond motifs is 1. The standard InChI is InChI=1S/C10H6Cl2F2N4/c11-8-6(14)7-3(2-15-8)9(18-10(12)17-7)16-5-1-4(5)13/h2,4-5H,1H2,(H,16,17,18)/t4-,5+/m0/s1. The number of hydrogen-bond acceptors (Lipinski definition) is 4. The summed E-state index contributed by atoms with van der Waals surface area (Å²) in [6.07, 6.45) is 0.806. The molecular weight excluding hydrogens is 285 g/mol. The summed E-state index contributed by atoms with van der Waals surface area (Å²) in [5.41, 5.74) is -0.0337. The Bertz CT molecular complexity index is 637. The first-order chi connectivity index (χ1) is 8.56. The number of anilines is 1. The van der Waals surface area contributed by atoms with Gasteiger partial charge in [0.15, 0.2) is 11.0 Å². The van der Waals surface area contributed by atoms with Crippen LogP contribution in [0.25, 0.3) is 10.9 Å². The Morgan fingerprint density at radius 3 is 2.72 bits per heavy atom. The molecule has 1 saturated carbocycles. The van der Waals surface area contributed by atoms with Gasteiger partial charge in [-0.1, -0.05) is 11.6 Å². The van der Waals surface area contributed by atoms with Gasteiger partial charge in [-0.15, -0.1) is 0 Å². The van der Waals surface area contributed by atoms with Crippen molar-refractivity contribution in [3.63, 3.8) is 0 Å². The number of nitrogens with one attached hydrogen (secondary N) is 1. The Kier molecular flexibility index (Phi) is 2.71. The molecule has 0 unspecified atom stereocenters. The van der Waals surface area contributed by atoms with Crippen LogP contribution in [0.15, 0.2) is 6.20 Å². The third kappa shape index (κ3) is 1.95. The maximum atomic E-state index is 13.7. The van der Waals surface area contributed by atoms with E-state index >= 15 is 0 Å². The molecule has 0 aromatic carbocycles. The van der Waals surface area contributed by atoms with Crippen LogP contribution in [0.1, 0.15) is 6.42 Å². The van der Waals surface area contributed by atoms with Gasteiger partial charge in [0.05, 0.1) is 11.4 Å². The highest BCUT2D eigenvalue weighted by Crippen LogP contribution is 2.32. The van der Waals surface area contributed by atoms with Gasteiger partial charge in [0.1, 0.15) is 17.5 Å². The average Bonchev–Trinajstić information content (AvgIpc) is 3.00. The number of alkyl halides is 1. The molecule has 0 spiro atoms. The van der Waals surface area contributed by atoms with Crippen LogP contribution in [0.5, 0.6) is 0 Å². The van der Waals surface area contributed by atoms with Crippen LogP contribution in [0.4, 0.5) is 14.6 Å². The van der Waals surface area contributed by atoms with Crippen molar-refractivity contribution in [2.45, 2.75) is 18.6 Å². The van der Waals surface area contributed by atoms with Crippen LogP contribution < -0.4 is 5.32 Å². The highest BCUT2D eigenvalue weighted by Gasteiger charge is 2.38. The molecule has 0 bridgehead atoms. The molecule has 0 aliphatic heterocycles. The van der Waals surface area contributed by atoms with Gasteiger partial charge in [-0.25, -0.2) is 23.7 Å². The van der Waals surface area contributed by atoms with Crippen LogP contribution >= 0.6 is 23.2 Å². The number of rotatable bonds is 2. The fraction of sp³-hybridized carbons (Fsp3) is 0.300. The van der Waals surface area contributed by atoms with E-state index in [1.807, 2.05) is 0 Å². The molecule has 3 rings (SSSR count). The minimum Gasteiger partial charge on any atom is -0.364 e. The zero-order chi connectivity index (χ0) is 12.9. The van der Waals surface area contributed by atoms with Crippen LogP contribution in [-0.2, 0) is 0 Å². The normalized spacial score (nSPS) is 22.2. The number of pyridine rings is 1. The summed E-state index contributed by atoms with van der Waals surface area (Å²) in [5, 5.41) is 2.73. The van der Waals surface area contributed by atoms with E-state index in [-0.39, 0.29) is 27.8 Å². The lowest BCUT2D eigenvalue weighted by Gasteiger charge is -2.08. The number of hydrogen-bond donors (Lipinski definition) is 1. The molecule has 0 radical (unpaired) electrons. The second kappa shape index (κ2) is 4.13. The molecule has 0 saturated heterocycles. The molecule has 2 heterocycles. The van der Waals surface area contributed by atoms with Gasteiger partial charge in [-0.05, 0) is 11.6 Å². The van der Waals surface area contributed by atoms with Crippen LogP contribution in [0.3, 0.4) is 0 Å². The lowest BCUT2D eigenvalue weighted by atomic mass is 10.3. The topological polar surface area (TPSA) is 50.7 Å². The Morgan fingerprint density at radius 1 is 1.33 bits per heavy atom. The molecule has 8 heteroatoms. The highest BCUT2D eigenvalue weighted by atomic mass is 35.5. The number of halogens is 4. The van der Waals surface area contributed by atoms with E-state index in [1.165, 1.54) is 6.20 Å². The third-order valence-electron chi connectivity index (χ3n) is 2.65. The van der Waals surface area contributed by atoms with E-state index in [9.17, 15) is 8.78 Å². The first kappa shape index (κ1) is 11.8. The fourth-order valence-electron chi connectivity index (χ4n) is 1.61. The second-order valence-electron chi connectivity index (χ2n) is 3.97. The van der Waals surface area contributed by atoms with Crippen LogP contribution in [-0.4, -0.2) is 27.2 Å². The number of aromatic nitrogens is 3.